The van der Waals surface area contributed by atoms with Gasteiger partial charge >= 0.3 is 0 Å². The van der Waals surface area contributed by atoms with Gasteiger partial charge in [-0.05, 0) is 83.3 Å². The molecule has 4 aliphatic rings. The Morgan fingerprint density at radius 1 is 1.02 bits per heavy atom. The van der Waals surface area contributed by atoms with Gasteiger partial charge in [-0.1, -0.05) is 23.3 Å². The first-order chi connectivity index (χ1) is 18.9. The first kappa shape index (κ1) is 27.8. The van der Waals surface area contributed by atoms with Crippen LogP contribution >= 0.6 is 57.4 Å². The zero-order valence-electron chi connectivity index (χ0n) is 21.2. The molecule has 208 valence electrons. The Labute approximate surface area is 258 Å². The lowest BCUT2D eigenvalue weighted by Gasteiger charge is -2.50. The van der Waals surface area contributed by atoms with Crippen LogP contribution in [-0.4, -0.2) is 57.5 Å². The number of likely N-dealkylation sites (tertiary alicyclic amines) is 1. The molecule has 12 heteroatoms. The highest BCUT2D eigenvalue weighted by atomic mass is 127. The van der Waals surface area contributed by atoms with Crippen molar-refractivity contribution in [3.8, 4) is 11.5 Å². The number of aromatic hydroxyl groups is 1. The number of alkyl halides is 2. The number of anilines is 1. The van der Waals surface area contributed by atoms with Crippen LogP contribution in [0.5, 0.6) is 11.5 Å². The number of hydrogen-bond acceptors (Lipinski definition) is 6. The molecule has 1 N–H and O–H groups in total. The van der Waals surface area contributed by atoms with Crippen molar-refractivity contribution in [1.82, 2.24) is 4.90 Å². The predicted octanol–water partition coefficient (Wildman–Crippen LogP) is 4.85. The van der Waals surface area contributed by atoms with Crippen molar-refractivity contribution in [2.24, 2.45) is 17.8 Å². The molecule has 6 atom stereocenters. The Hall–Kier alpha value is -2.34. The molecule has 6 rings (SSSR count). The predicted molar refractivity (Wildman–Crippen MR) is 157 cm³/mol. The second kappa shape index (κ2) is 9.34. The molecule has 0 spiro atoms. The Kier molecular flexibility index (Phi) is 6.49. The van der Waals surface area contributed by atoms with Crippen molar-refractivity contribution in [3.05, 3.63) is 62.2 Å². The quantitative estimate of drug-likeness (QED) is 0.211. The number of allylic oxidation sites excluding steroid dienone is 2. The molecule has 0 radical (unpaired) electrons. The normalized spacial score (nSPS) is 33.1. The standard InChI is InChI=1S/C28H22Cl3IN2O6/c1-33-25(38)27(30)11-17-15(21(28(27,31)26(33)39)12-9-18(29)22(35)19(10-12)40-2)7-8-16-20(17)24(37)34(23(16)36)14-5-3-13(32)4-6-14/h3-7,9-10,16-17,20-21,35H,8,11H2,1-2H3/t16-,17+,20-,21-,27+,28-/m0/s1. The summed E-state index contributed by atoms with van der Waals surface area (Å²) in [5, 5.41) is 10.3. The van der Waals surface area contributed by atoms with Crippen LogP contribution in [-0.2, 0) is 19.2 Å². The smallest absolute Gasteiger partial charge is 0.253 e. The van der Waals surface area contributed by atoms with Gasteiger partial charge in [0.15, 0.2) is 21.2 Å². The molecule has 2 saturated heterocycles. The maximum atomic E-state index is 14.0. The summed E-state index contributed by atoms with van der Waals surface area (Å²) in [5.41, 5.74) is 1.48. The van der Waals surface area contributed by atoms with Crippen molar-refractivity contribution >= 4 is 86.7 Å². The molecule has 2 heterocycles. The number of phenols is 1. The second-order valence-electron chi connectivity index (χ2n) is 10.5. The summed E-state index contributed by atoms with van der Waals surface area (Å²) < 4.78 is 6.26. The summed E-state index contributed by atoms with van der Waals surface area (Å²) in [6.07, 6.45) is 1.96. The number of nitrogens with zero attached hydrogens (tertiary/aromatic N) is 2. The molecule has 2 aliphatic heterocycles. The van der Waals surface area contributed by atoms with Crippen molar-refractivity contribution in [2.45, 2.75) is 28.5 Å². The van der Waals surface area contributed by atoms with Gasteiger partial charge in [-0.3, -0.25) is 29.0 Å². The van der Waals surface area contributed by atoms with Gasteiger partial charge in [0.1, 0.15) is 0 Å². The highest BCUT2D eigenvalue weighted by Crippen LogP contribution is 2.65. The number of phenolic OH excluding ortho intramolecular Hbond substituents is 1. The van der Waals surface area contributed by atoms with Crippen LogP contribution in [0.1, 0.15) is 24.3 Å². The van der Waals surface area contributed by atoms with Crippen molar-refractivity contribution in [1.29, 1.82) is 0 Å². The van der Waals surface area contributed by atoms with Gasteiger partial charge in [-0.25, -0.2) is 0 Å². The molecule has 1 saturated carbocycles. The minimum Gasteiger partial charge on any atom is -0.503 e. The average Bonchev–Trinajstić information content (AvgIpc) is 3.25. The van der Waals surface area contributed by atoms with Gasteiger partial charge in [0.25, 0.3) is 11.8 Å². The molecule has 0 bridgehead atoms. The number of carbonyl (C=O) groups is 4. The number of hydrogen-bond donors (Lipinski definition) is 1. The monoisotopic (exact) mass is 714 g/mol. The van der Waals surface area contributed by atoms with Gasteiger partial charge in [0.2, 0.25) is 11.8 Å². The summed E-state index contributed by atoms with van der Waals surface area (Å²) in [6, 6.07) is 10.0. The Morgan fingerprint density at radius 3 is 2.35 bits per heavy atom. The lowest BCUT2D eigenvalue weighted by atomic mass is 9.56. The molecule has 4 amide bonds. The summed E-state index contributed by atoms with van der Waals surface area (Å²) in [6.45, 7) is 0. The molecule has 0 aromatic heterocycles. The molecular weight excluding hydrogens is 694 g/mol. The highest BCUT2D eigenvalue weighted by Gasteiger charge is 2.76. The van der Waals surface area contributed by atoms with Gasteiger partial charge in [0.05, 0.1) is 29.7 Å². The van der Waals surface area contributed by atoms with Crippen LogP contribution in [0.4, 0.5) is 5.69 Å². The van der Waals surface area contributed by atoms with E-state index in [9.17, 15) is 24.3 Å². The van der Waals surface area contributed by atoms with Crippen LogP contribution < -0.4 is 9.64 Å². The van der Waals surface area contributed by atoms with E-state index in [0.717, 1.165) is 8.47 Å². The molecule has 40 heavy (non-hydrogen) atoms. The second-order valence-corrected chi connectivity index (χ2v) is 13.4. The number of methoxy groups -OCH3 is 1. The van der Waals surface area contributed by atoms with Gasteiger partial charge in [-0.2, -0.15) is 0 Å². The molecule has 2 aromatic carbocycles. The minimum atomic E-state index is -1.96. The third kappa shape index (κ3) is 3.50. The first-order valence-corrected chi connectivity index (χ1v) is 14.7. The SMILES string of the molecule is COc1cc([C@H]2C3=CC[C@@H]4C(=O)N(c5ccc(I)cc5)C(=O)[C@@H]4[C@@H]3C[C@@]3(Cl)C(=O)N(C)C(=O)[C@@]23Cl)cc(Cl)c1O. The van der Waals surface area contributed by atoms with Crippen LogP contribution in [0, 0.1) is 21.3 Å². The van der Waals surface area contributed by atoms with Gasteiger partial charge in [0, 0.05) is 16.5 Å². The van der Waals surface area contributed by atoms with E-state index in [1.807, 2.05) is 18.2 Å². The molecule has 2 aromatic rings. The number of rotatable bonds is 3. The van der Waals surface area contributed by atoms with E-state index < -0.39 is 45.2 Å². The fraction of sp³-hybridized carbons (Fsp3) is 0.357. The third-order valence-electron chi connectivity index (χ3n) is 8.70. The number of halogens is 4. The number of imide groups is 2. The van der Waals surface area contributed by atoms with Crippen LogP contribution in [0.3, 0.4) is 0 Å². The van der Waals surface area contributed by atoms with Gasteiger partial charge in [-0.15, -0.1) is 23.2 Å². The third-order valence-corrected chi connectivity index (χ3v) is 11.1. The Morgan fingerprint density at radius 2 is 1.70 bits per heavy atom. The van der Waals surface area contributed by atoms with Gasteiger partial charge < -0.3 is 9.84 Å². The fourth-order valence-corrected chi connectivity index (χ4v) is 8.48. The zero-order valence-corrected chi connectivity index (χ0v) is 25.6. The Balaban J connectivity index is 1.53. The number of benzene rings is 2. The van der Waals surface area contributed by atoms with Crippen LogP contribution in [0.2, 0.25) is 5.02 Å². The van der Waals surface area contributed by atoms with Crippen LogP contribution in [0.15, 0.2) is 48.0 Å². The average molecular weight is 716 g/mol. The van der Waals surface area contributed by atoms with Crippen molar-refractivity contribution in [3.63, 3.8) is 0 Å². The van der Waals surface area contributed by atoms with Crippen molar-refractivity contribution in [2.75, 3.05) is 19.1 Å². The van der Waals surface area contributed by atoms with E-state index in [0.29, 0.717) is 16.8 Å². The molecule has 8 nitrogen and oxygen atoms in total. The van der Waals surface area contributed by atoms with E-state index in [1.54, 1.807) is 12.1 Å². The molecule has 3 fully saturated rings. The van der Waals surface area contributed by atoms with E-state index in [2.05, 4.69) is 22.6 Å². The Bertz CT molecular complexity index is 1550. The lowest BCUT2D eigenvalue weighted by Crippen LogP contribution is -2.60. The maximum Gasteiger partial charge on any atom is 0.253 e. The summed E-state index contributed by atoms with van der Waals surface area (Å²) in [5.74, 6) is -5.47. The number of amides is 4. The fourth-order valence-electron chi connectivity index (χ4n) is 6.88. The molecule has 2 aliphatic carbocycles. The van der Waals surface area contributed by atoms with Crippen molar-refractivity contribution < 1.29 is 29.0 Å². The van der Waals surface area contributed by atoms with E-state index in [-0.39, 0.29) is 41.2 Å². The van der Waals surface area contributed by atoms with E-state index >= 15 is 0 Å². The summed E-state index contributed by atoms with van der Waals surface area (Å²) >= 11 is 22.8. The maximum absolute atomic E-state index is 14.0. The number of ether oxygens (including phenoxy) is 1. The number of fused-ring (bicyclic) bond motifs is 4. The minimum absolute atomic E-state index is 0.0430. The topological polar surface area (TPSA) is 104 Å². The highest BCUT2D eigenvalue weighted by molar-refractivity contribution is 14.1. The van der Waals surface area contributed by atoms with E-state index in [4.69, 9.17) is 39.5 Å². The summed E-state index contributed by atoms with van der Waals surface area (Å²) in [4.78, 5) is 53.0. The van der Waals surface area contributed by atoms with Crippen LogP contribution in [0.25, 0.3) is 0 Å². The zero-order chi connectivity index (χ0) is 28.9. The largest absolute Gasteiger partial charge is 0.503 e. The first-order valence-electron chi connectivity index (χ1n) is 12.5. The molecule has 0 unspecified atom stereocenters. The summed E-state index contributed by atoms with van der Waals surface area (Å²) in [7, 11) is 2.67. The van der Waals surface area contributed by atoms with E-state index in [1.165, 1.54) is 31.2 Å². The lowest BCUT2D eigenvalue weighted by molar-refractivity contribution is -0.138. The number of carbonyl (C=O) groups excluding carboxylic acids is 4. The molecular formula is C28H22Cl3IN2O6.